The molecule has 9 nitrogen and oxygen atoms in total. The summed E-state index contributed by atoms with van der Waals surface area (Å²) < 4.78 is 5.59. The third-order valence-corrected chi connectivity index (χ3v) is 15.0. The highest BCUT2D eigenvalue weighted by Crippen LogP contribution is 2.26. The fourth-order valence-corrected chi connectivity index (χ4v) is 10.5. The summed E-state index contributed by atoms with van der Waals surface area (Å²) in [5.41, 5.74) is 0.880. The van der Waals surface area contributed by atoms with Crippen LogP contribution < -0.4 is 21.3 Å². The molecule has 0 saturated heterocycles. The molecule has 0 aliphatic carbocycles. The lowest BCUT2D eigenvalue weighted by molar-refractivity contribution is -0.138. The zero-order valence-electron chi connectivity index (χ0n) is 36.2. The number of hydrogen-bond donors (Lipinski definition) is 4. The van der Waals surface area contributed by atoms with E-state index in [1.54, 1.807) is 44.3 Å². The summed E-state index contributed by atoms with van der Waals surface area (Å²) in [5, 5.41) is 12.1. The second kappa shape index (κ2) is 25.5. The molecule has 0 aliphatic heterocycles. The van der Waals surface area contributed by atoms with E-state index in [4.69, 9.17) is 4.74 Å². The summed E-state index contributed by atoms with van der Waals surface area (Å²) in [7, 11) is 0. The van der Waals surface area contributed by atoms with Gasteiger partial charge in [-0.15, -0.1) is 0 Å². The van der Waals surface area contributed by atoms with Crippen molar-refractivity contribution >= 4 is 70.9 Å². The van der Waals surface area contributed by atoms with E-state index in [1.165, 1.54) is 29.1 Å². The van der Waals surface area contributed by atoms with E-state index in [9.17, 15) is 19.2 Å². The Morgan fingerprint density at radius 2 is 0.746 bits per heavy atom. The minimum Gasteiger partial charge on any atom is -0.445 e. The Morgan fingerprint density at radius 1 is 0.429 bits per heavy atom. The standard InChI is InChI=1S/C50H58N4O5S4/c1-48(36-61-33-41-23-13-6-14-24-41,44(55)51-29-30-60-32-40-21-11-5-12-22-40)52-45(56)49(2,37-62-34-42-25-15-7-16-26-42)53-46(57)50(3,38-63-35-43-27-17-8-18-28-43)54-47(58)59-31-39-19-9-4-10-20-39/h4-28H,29-38H2,1-3H3,(H,51,55)(H,52,56)(H,53,57)(H,54,58)/t48-,49-,50+/m0/s1. The van der Waals surface area contributed by atoms with Gasteiger partial charge in [-0.3, -0.25) is 14.4 Å². The van der Waals surface area contributed by atoms with E-state index in [-0.39, 0.29) is 29.8 Å². The molecule has 0 saturated carbocycles. The van der Waals surface area contributed by atoms with Crippen molar-refractivity contribution in [3.05, 3.63) is 179 Å². The monoisotopic (exact) mass is 922 g/mol. The van der Waals surface area contributed by atoms with Crippen LogP contribution in [0.25, 0.3) is 0 Å². The van der Waals surface area contributed by atoms with Crippen LogP contribution >= 0.6 is 47.0 Å². The molecule has 0 spiro atoms. The van der Waals surface area contributed by atoms with Gasteiger partial charge in [0.15, 0.2) is 0 Å². The van der Waals surface area contributed by atoms with Crippen molar-refractivity contribution in [2.75, 3.05) is 29.6 Å². The summed E-state index contributed by atoms with van der Waals surface area (Å²) in [6, 6.07) is 49.2. The van der Waals surface area contributed by atoms with Gasteiger partial charge in [0.1, 0.15) is 23.2 Å². The van der Waals surface area contributed by atoms with E-state index in [1.807, 2.05) is 140 Å². The summed E-state index contributed by atoms with van der Waals surface area (Å²) in [6.07, 6.45) is -0.761. The average Bonchev–Trinajstić information content (AvgIpc) is 3.30. The number of amides is 4. The Hall–Kier alpha value is -4.82. The molecule has 0 unspecified atom stereocenters. The van der Waals surface area contributed by atoms with Gasteiger partial charge in [-0.2, -0.15) is 47.0 Å². The highest BCUT2D eigenvalue weighted by atomic mass is 32.2. The predicted molar refractivity (Wildman–Crippen MR) is 265 cm³/mol. The first kappa shape index (κ1) is 49.2. The van der Waals surface area contributed by atoms with Gasteiger partial charge < -0.3 is 26.0 Å². The van der Waals surface area contributed by atoms with Crippen LogP contribution in [-0.2, 0) is 48.7 Å². The Balaban J connectivity index is 1.35. The van der Waals surface area contributed by atoms with Crippen LogP contribution in [0, 0.1) is 0 Å². The Morgan fingerprint density at radius 3 is 1.13 bits per heavy atom. The number of alkyl carbamates (subject to hydrolysis) is 1. The smallest absolute Gasteiger partial charge is 0.408 e. The quantitative estimate of drug-likeness (QED) is 0.0424. The SMILES string of the molecule is C[C@](CSCc1ccccc1)(NC(=O)OCc1ccccc1)C(=O)N[C@@](C)(CSCc1ccccc1)C(=O)N[C@@](C)(CSCc1ccccc1)C(=O)NCCSCc1ccccc1. The number of ether oxygens (including phenoxy) is 1. The van der Waals surface area contributed by atoms with E-state index in [0.29, 0.717) is 29.6 Å². The topological polar surface area (TPSA) is 126 Å². The molecule has 0 heterocycles. The lowest BCUT2D eigenvalue weighted by Crippen LogP contribution is -2.70. The molecule has 5 aromatic carbocycles. The minimum atomic E-state index is -1.52. The van der Waals surface area contributed by atoms with E-state index >= 15 is 0 Å². The van der Waals surface area contributed by atoms with Crippen molar-refractivity contribution in [3.63, 3.8) is 0 Å². The maximum absolute atomic E-state index is 14.9. The number of carbonyl (C=O) groups excluding carboxylic acids is 4. The van der Waals surface area contributed by atoms with Crippen LogP contribution in [-0.4, -0.2) is 70.0 Å². The second-order valence-electron chi connectivity index (χ2n) is 15.8. The maximum atomic E-state index is 14.9. The van der Waals surface area contributed by atoms with Crippen molar-refractivity contribution in [1.82, 2.24) is 21.3 Å². The average molecular weight is 923 g/mol. The van der Waals surface area contributed by atoms with Crippen LogP contribution in [0.2, 0.25) is 0 Å². The lowest BCUT2D eigenvalue weighted by Gasteiger charge is -2.38. The number of rotatable bonds is 25. The van der Waals surface area contributed by atoms with Crippen LogP contribution in [0.15, 0.2) is 152 Å². The molecule has 3 atom stereocenters. The van der Waals surface area contributed by atoms with Crippen molar-refractivity contribution < 1.29 is 23.9 Å². The van der Waals surface area contributed by atoms with E-state index < -0.39 is 34.5 Å². The van der Waals surface area contributed by atoms with Gasteiger partial charge in [0.2, 0.25) is 17.7 Å². The van der Waals surface area contributed by atoms with Crippen LogP contribution in [0.1, 0.15) is 48.6 Å². The largest absolute Gasteiger partial charge is 0.445 e. The molecule has 0 aromatic heterocycles. The Labute approximate surface area is 389 Å². The van der Waals surface area contributed by atoms with Gasteiger partial charge in [-0.25, -0.2) is 4.79 Å². The fourth-order valence-electron chi connectivity index (χ4n) is 6.27. The summed E-state index contributed by atoms with van der Waals surface area (Å²) in [4.78, 5) is 57.2. The van der Waals surface area contributed by atoms with E-state index in [0.717, 1.165) is 28.0 Å². The van der Waals surface area contributed by atoms with Gasteiger partial charge in [-0.1, -0.05) is 152 Å². The number of carbonyl (C=O) groups is 4. The minimum absolute atomic E-state index is 0.0203. The summed E-state index contributed by atoms with van der Waals surface area (Å²) in [6.45, 7) is 5.50. The normalized spacial score (nSPS) is 13.9. The molecule has 0 aliphatic rings. The first-order valence-corrected chi connectivity index (χ1v) is 25.5. The molecule has 0 fully saturated rings. The third kappa shape index (κ3) is 16.7. The summed E-state index contributed by atoms with van der Waals surface area (Å²) >= 11 is 6.25. The first-order valence-electron chi connectivity index (χ1n) is 20.9. The molecule has 63 heavy (non-hydrogen) atoms. The third-order valence-electron chi connectivity index (χ3n) is 10.0. The number of hydrogen-bond acceptors (Lipinski definition) is 9. The molecule has 5 rings (SSSR count). The highest BCUT2D eigenvalue weighted by molar-refractivity contribution is 7.99. The Kier molecular flexibility index (Phi) is 19.9. The zero-order chi connectivity index (χ0) is 44.8. The van der Waals surface area contributed by atoms with Crippen molar-refractivity contribution in [2.24, 2.45) is 0 Å². The number of benzene rings is 5. The van der Waals surface area contributed by atoms with Gasteiger partial charge in [0.05, 0.1) is 0 Å². The molecular weight excluding hydrogens is 865 g/mol. The van der Waals surface area contributed by atoms with Crippen LogP contribution in [0.3, 0.4) is 0 Å². The molecule has 5 aromatic rings. The molecule has 4 N–H and O–H groups in total. The molecular formula is C50H58N4O5S4. The van der Waals surface area contributed by atoms with E-state index in [2.05, 4.69) is 33.4 Å². The van der Waals surface area contributed by atoms with Crippen molar-refractivity contribution in [1.29, 1.82) is 0 Å². The lowest BCUT2D eigenvalue weighted by atomic mass is 9.96. The van der Waals surface area contributed by atoms with Gasteiger partial charge in [0.25, 0.3) is 0 Å². The number of thioether (sulfide) groups is 4. The Bertz CT molecular complexity index is 2160. The molecule has 332 valence electrons. The second-order valence-corrected chi connectivity index (χ2v) is 19.9. The van der Waals surface area contributed by atoms with Crippen LogP contribution in [0.4, 0.5) is 4.79 Å². The fraction of sp³-hybridized carbons (Fsp3) is 0.320. The first-order chi connectivity index (χ1) is 30.5. The van der Waals surface area contributed by atoms with Crippen LogP contribution in [0.5, 0.6) is 0 Å². The van der Waals surface area contributed by atoms with Gasteiger partial charge in [0, 0.05) is 52.6 Å². The van der Waals surface area contributed by atoms with Crippen molar-refractivity contribution in [3.8, 4) is 0 Å². The molecule has 13 heteroatoms. The molecule has 0 bridgehead atoms. The number of nitrogens with one attached hydrogen (secondary N) is 4. The predicted octanol–water partition coefficient (Wildman–Crippen LogP) is 9.27. The molecule has 0 radical (unpaired) electrons. The molecule has 4 amide bonds. The highest BCUT2D eigenvalue weighted by Gasteiger charge is 2.45. The maximum Gasteiger partial charge on any atom is 0.408 e. The summed E-state index contributed by atoms with van der Waals surface area (Å²) in [5.74, 6) is 2.57. The van der Waals surface area contributed by atoms with Crippen molar-refractivity contribution in [2.45, 2.75) is 67.0 Å². The van der Waals surface area contributed by atoms with Gasteiger partial charge in [-0.05, 0) is 48.6 Å². The zero-order valence-corrected chi connectivity index (χ0v) is 39.4. The van der Waals surface area contributed by atoms with Gasteiger partial charge >= 0.3 is 6.09 Å².